The van der Waals surface area contributed by atoms with Gasteiger partial charge in [-0.25, -0.2) is 0 Å². The number of nitrogen functional groups attached to an aromatic ring is 1. The Hall–Kier alpha value is -2.60. The number of rotatable bonds is 4. The number of nitro groups is 1. The first kappa shape index (κ1) is 20.4. The van der Waals surface area contributed by atoms with Crippen molar-refractivity contribution < 1.29 is 14.5 Å². The molecule has 0 saturated carbocycles. The van der Waals surface area contributed by atoms with Gasteiger partial charge in [0.05, 0.1) is 18.0 Å². The molecule has 7 heteroatoms. The first-order chi connectivity index (χ1) is 11.7. The molecule has 0 saturated heterocycles. The Morgan fingerprint density at radius 2 is 1.88 bits per heavy atom. The summed E-state index contributed by atoms with van der Waals surface area (Å²) in [6.07, 6.45) is 0.319. The molecule has 0 heterocycles. The number of carbonyl (C=O) groups is 1. The van der Waals surface area contributed by atoms with Crippen molar-refractivity contribution in [2.45, 2.75) is 27.2 Å². The SMILES string of the molecule is CCOC(=O)Cc1ccc(N)cc1C.Cc1cc([N+](=O)[O-])ccc1Cl. The van der Waals surface area contributed by atoms with E-state index in [-0.39, 0.29) is 11.7 Å². The average molecular weight is 365 g/mol. The molecule has 0 aromatic heterocycles. The van der Waals surface area contributed by atoms with E-state index in [0.29, 0.717) is 18.1 Å². The van der Waals surface area contributed by atoms with Gasteiger partial charge in [-0.2, -0.15) is 0 Å². The van der Waals surface area contributed by atoms with Crippen molar-refractivity contribution >= 4 is 28.9 Å². The van der Waals surface area contributed by atoms with Crippen LogP contribution in [0.1, 0.15) is 23.6 Å². The third-order valence-electron chi connectivity index (χ3n) is 3.36. The molecule has 0 aliphatic carbocycles. The largest absolute Gasteiger partial charge is 0.466 e. The lowest BCUT2D eigenvalue weighted by molar-refractivity contribution is -0.384. The van der Waals surface area contributed by atoms with Crippen LogP contribution in [-0.4, -0.2) is 17.5 Å². The number of aryl methyl sites for hydroxylation is 2. The highest BCUT2D eigenvalue weighted by molar-refractivity contribution is 6.31. The van der Waals surface area contributed by atoms with Crippen LogP contribution in [0.3, 0.4) is 0 Å². The summed E-state index contributed by atoms with van der Waals surface area (Å²) in [6, 6.07) is 9.87. The Balaban J connectivity index is 0.000000257. The number of nitro benzene ring substituents is 1. The van der Waals surface area contributed by atoms with Gasteiger partial charge in [0, 0.05) is 22.8 Å². The number of non-ortho nitro benzene ring substituents is 1. The third-order valence-corrected chi connectivity index (χ3v) is 3.78. The lowest BCUT2D eigenvalue weighted by atomic mass is 10.1. The molecule has 2 rings (SSSR count). The molecule has 0 radical (unpaired) electrons. The van der Waals surface area contributed by atoms with E-state index in [2.05, 4.69) is 0 Å². The van der Waals surface area contributed by atoms with Crippen molar-refractivity contribution in [1.82, 2.24) is 0 Å². The van der Waals surface area contributed by atoms with E-state index in [4.69, 9.17) is 22.1 Å². The van der Waals surface area contributed by atoms with Crippen LogP contribution >= 0.6 is 11.6 Å². The first-order valence-electron chi connectivity index (χ1n) is 7.65. The molecular formula is C18H21ClN2O4. The minimum atomic E-state index is -0.441. The zero-order valence-electron chi connectivity index (χ0n) is 14.4. The minimum absolute atomic E-state index is 0.0758. The number of benzene rings is 2. The Morgan fingerprint density at radius 3 is 2.40 bits per heavy atom. The van der Waals surface area contributed by atoms with E-state index in [1.807, 2.05) is 19.1 Å². The number of anilines is 1. The summed E-state index contributed by atoms with van der Waals surface area (Å²) in [6.45, 7) is 5.89. The first-order valence-corrected chi connectivity index (χ1v) is 8.03. The van der Waals surface area contributed by atoms with Crippen molar-refractivity contribution in [3.05, 3.63) is 68.2 Å². The molecule has 0 aliphatic heterocycles. The Morgan fingerprint density at radius 1 is 1.20 bits per heavy atom. The van der Waals surface area contributed by atoms with Gasteiger partial charge in [0.2, 0.25) is 0 Å². The molecule has 25 heavy (non-hydrogen) atoms. The van der Waals surface area contributed by atoms with Crippen molar-refractivity contribution in [3.8, 4) is 0 Å². The number of nitrogens with zero attached hydrogens (tertiary/aromatic N) is 1. The van der Waals surface area contributed by atoms with E-state index < -0.39 is 4.92 Å². The van der Waals surface area contributed by atoms with Gasteiger partial charge in [0.15, 0.2) is 0 Å². The minimum Gasteiger partial charge on any atom is -0.466 e. The van der Waals surface area contributed by atoms with Gasteiger partial charge in [0.1, 0.15) is 0 Å². The van der Waals surface area contributed by atoms with E-state index in [9.17, 15) is 14.9 Å². The second-order valence-corrected chi connectivity index (χ2v) is 5.77. The second kappa shape index (κ2) is 9.64. The van der Waals surface area contributed by atoms with Crippen molar-refractivity contribution in [1.29, 1.82) is 0 Å². The van der Waals surface area contributed by atoms with Crippen LogP contribution in [0.2, 0.25) is 5.02 Å². The van der Waals surface area contributed by atoms with Crippen LogP contribution in [0, 0.1) is 24.0 Å². The summed E-state index contributed by atoms with van der Waals surface area (Å²) < 4.78 is 4.86. The molecule has 0 fully saturated rings. The van der Waals surface area contributed by atoms with Gasteiger partial charge in [0.25, 0.3) is 5.69 Å². The molecule has 0 bridgehead atoms. The lowest BCUT2D eigenvalue weighted by Crippen LogP contribution is -2.08. The fraction of sp³-hybridized carbons (Fsp3) is 0.278. The molecule has 0 amide bonds. The maximum absolute atomic E-state index is 11.2. The summed E-state index contributed by atoms with van der Waals surface area (Å²) in [5, 5.41) is 10.8. The van der Waals surface area contributed by atoms with Crippen LogP contribution in [0.25, 0.3) is 0 Å². The molecule has 0 atom stereocenters. The fourth-order valence-electron chi connectivity index (χ4n) is 2.03. The van der Waals surface area contributed by atoms with Crippen LogP contribution in [-0.2, 0) is 16.0 Å². The lowest BCUT2D eigenvalue weighted by Gasteiger charge is -2.06. The van der Waals surface area contributed by atoms with Gasteiger partial charge in [-0.3, -0.25) is 14.9 Å². The van der Waals surface area contributed by atoms with Crippen molar-refractivity contribution in [3.63, 3.8) is 0 Å². The smallest absolute Gasteiger partial charge is 0.310 e. The zero-order valence-corrected chi connectivity index (χ0v) is 15.2. The highest BCUT2D eigenvalue weighted by Crippen LogP contribution is 2.20. The van der Waals surface area contributed by atoms with Gasteiger partial charge < -0.3 is 10.5 Å². The maximum Gasteiger partial charge on any atom is 0.310 e. The summed E-state index contributed by atoms with van der Waals surface area (Å²) in [7, 11) is 0. The molecule has 0 aliphatic rings. The molecule has 2 aromatic rings. The number of ether oxygens (including phenoxy) is 1. The van der Waals surface area contributed by atoms with E-state index in [1.54, 1.807) is 19.9 Å². The number of hydrogen-bond donors (Lipinski definition) is 1. The Labute approximate surface area is 151 Å². The fourth-order valence-corrected chi connectivity index (χ4v) is 2.14. The second-order valence-electron chi connectivity index (χ2n) is 5.36. The maximum atomic E-state index is 11.2. The van der Waals surface area contributed by atoms with Gasteiger partial charge in [-0.1, -0.05) is 17.7 Å². The van der Waals surface area contributed by atoms with Crippen molar-refractivity contribution in [2.24, 2.45) is 0 Å². The normalized spacial score (nSPS) is 9.76. The highest BCUT2D eigenvalue weighted by atomic mass is 35.5. The van der Waals surface area contributed by atoms with Crippen LogP contribution in [0.5, 0.6) is 0 Å². The zero-order chi connectivity index (χ0) is 19.0. The van der Waals surface area contributed by atoms with E-state index in [1.165, 1.54) is 18.2 Å². The van der Waals surface area contributed by atoms with E-state index in [0.717, 1.165) is 22.4 Å². The third kappa shape index (κ3) is 6.81. The summed E-state index contributed by atoms with van der Waals surface area (Å²) in [5.74, 6) is -0.194. The predicted molar refractivity (Wildman–Crippen MR) is 98.8 cm³/mol. The molecule has 2 aromatic carbocycles. The summed E-state index contributed by atoms with van der Waals surface area (Å²) >= 11 is 5.66. The number of hydrogen-bond acceptors (Lipinski definition) is 5. The number of nitrogens with two attached hydrogens (primary N) is 1. The average Bonchev–Trinajstić information content (AvgIpc) is 2.53. The monoisotopic (exact) mass is 364 g/mol. The molecule has 6 nitrogen and oxygen atoms in total. The predicted octanol–water partition coefficient (Wildman–Crippen LogP) is 4.24. The van der Waals surface area contributed by atoms with Gasteiger partial charge in [-0.15, -0.1) is 0 Å². The Kier molecular flexibility index (Phi) is 7.88. The standard InChI is InChI=1S/C11H15NO2.C7H6ClNO2/c1-3-14-11(13)7-9-4-5-10(12)6-8(9)2;1-5-4-6(9(10)11)2-3-7(5)8/h4-6H,3,7,12H2,1-2H3;2-4H,1H3. The van der Waals surface area contributed by atoms with E-state index >= 15 is 0 Å². The summed E-state index contributed by atoms with van der Waals surface area (Å²) in [4.78, 5) is 21.0. The highest BCUT2D eigenvalue weighted by Gasteiger charge is 2.06. The van der Waals surface area contributed by atoms with Crippen LogP contribution in [0.15, 0.2) is 36.4 Å². The number of halogens is 1. The number of esters is 1. The van der Waals surface area contributed by atoms with Gasteiger partial charge >= 0.3 is 5.97 Å². The van der Waals surface area contributed by atoms with Gasteiger partial charge in [-0.05, 0) is 55.7 Å². The van der Waals surface area contributed by atoms with Crippen LogP contribution in [0.4, 0.5) is 11.4 Å². The molecule has 2 N–H and O–H groups in total. The molecule has 134 valence electrons. The molecular weight excluding hydrogens is 344 g/mol. The quantitative estimate of drug-likeness (QED) is 0.379. The Bertz CT molecular complexity index is 763. The molecule has 0 spiro atoms. The van der Waals surface area contributed by atoms with Crippen LogP contribution < -0.4 is 5.73 Å². The molecule has 0 unspecified atom stereocenters. The number of carbonyl (C=O) groups excluding carboxylic acids is 1. The van der Waals surface area contributed by atoms with Crippen molar-refractivity contribution in [2.75, 3.05) is 12.3 Å². The summed E-state index contributed by atoms with van der Waals surface area (Å²) in [5.41, 5.74) is 9.11. The topological polar surface area (TPSA) is 95.5 Å².